The molecule has 1 aliphatic carbocycles. The van der Waals surface area contributed by atoms with Crippen LogP contribution < -0.4 is 9.62 Å². The maximum Gasteiger partial charge on any atom is 0.264 e. The third-order valence-electron chi connectivity index (χ3n) is 7.67. The molecule has 1 atom stereocenters. The van der Waals surface area contributed by atoms with E-state index in [1.54, 1.807) is 41.3 Å². The van der Waals surface area contributed by atoms with Gasteiger partial charge in [0.05, 0.1) is 10.6 Å². The Morgan fingerprint density at radius 1 is 0.878 bits per heavy atom. The minimum atomic E-state index is -4.09. The van der Waals surface area contributed by atoms with Crippen LogP contribution in [0.4, 0.5) is 5.69 Å². The maximum atomic E-state index is 14.2. The van der Waals surface area contributed by atoms with Crippen LogP contribution in [0.5, 0.6) is 0 Å². The Labute approximate surface area is 244 Å². The molecule has 0 heterocycles. The molecule has 0 unspecified atom stereocenters. The first-order chi connectivity index (χ1) is 19.6. The van der Waals surface area contributed by atoms with Gasteiger partial charge in [0.2, 0.25) is 11.8 Å². The molecule has 0 aliphatic heterocycles. The number of anilines is 1. The predicted molar refractivity (Wildman–Crippen MR) is 163 cm³/mol. The van der Waals surface area contributed by atoms with Gasteiger partial charge in [-0.15, -0.1) is 0 Å². The minimum Gasteiger partial charge on any atom is -0.352 e. The molecule has 3 aromatic rings. The van der Waals surface area contributed by atoms with Crippen molar-refractivity contribution in [2.45, 2.75) is 83.3 Å². The normalized spacial score (nSPS) is 14.4. The molecule has 4 rings (SSSR count). The second-order valence-electron chi connectivity index (χ2n) is 11.1. The van der Waals surface area contributed by atoms with Gasteiger partial charge in [-0.05, 0) is 81.0 Å². The summed E-state index contributed by atoms with van der Waals surface area (Å²) in [4.78, 5) is 29.4. The Morgan fingerprint density at radius 2 is 1.49 bits per heavy atom. The molecule has 1 fully saturated rings. The van der Waals surface area contributed by atoms with Crippen molar-refractivity contribution in [3.05, 3.63) is 95.1 Å². The standard InChI is InChI=1S/C33H41N3O4S/c1-5-31(33(38)34-28-13-9-10-14-28)35(22-27-11-7-6-8-12-27)32(37)23-36(29-20-25(3)19-26(4)21-29)41(39,40)30-17-15-24(2)16-18-30/h6-8,11-12,15-21,28,31H,5,9-10,13-14,22-23H2,1-4H3,(H,34,38)/t31-/m1/s1. The average Bonchev–Trinajstić information content (AvgIpc) is 3.44. The average molecular weight is 576 g/mol. The summed E-state index contributed by atoms with van der Waals surface area (Å²) in [6, 6.07) is 21.0. The van der Waals surface area contributed by atoms with Crippen molar-refractivity contribution < 1.29 is 18.0 Å². The van der Waals surface area contributed by atoms with Crippen molar-refractivity contribution in [1.29, 1.82) is 0 Å². The van der Waals surface area contributed by atoms with Crippen molar-refractivity contribution >= 4 is 27.5 Å². The zero-order valence-electron chi connectivity index (χ0n) is 24.5. The number of hydrogen-bond acceptors (Lipinski definition) is 4. The van der Waals surface area contributed by atoms with Gasteiger partial charge in [0.15, 0.2) is 0 Å². The second-order valence-corrected chi connectivity index (χ2v) is 13.0. The fourth-order valence-corrected chi connectivity index (χ4v) is 6.93. The molecule has 7 nitrogen and oxygen atoms in total. The Balaban J connectivity index is 1.72. The molecule has 0 bridgehead atoms. The Hall–Kier alpha value is -3.65. The molecule has 0 saturated heterocycles. The summed E-state index contributed by atoms with van der Waals surface area (Å²) in [5, 5.41) is 3.15. The lowest BCUT2D eigenvalue weighted by Gasteiger charge is -2.34. The SMILES string of the molecule is CC[C@H](C(=O)NC1CCCC1)N(Cc1ccccc1)C(=O)CN(c1cc(C)cc(C)c1)S(=O)(=O)c1ccc(C)cc1. The summed E-state index contributed by atoms with van der Waals surface area (Å²) in [5.41, 5.74) is 4.00. The van der Waals surface area contributed by atoms with Crippen LogP contribution >= 0.6 is 0 Å². The van der Waals surface area contributed by atoms with Crippen LogP contribution in [0.15, 0.2) is 77.7 Å². The zero-order valence-corrected chi connectivity index (χ0v) is 25.3. The van der Waals surface area contributed by atoms with E-state index in [1.165, 1.54) is 4.31 Å². The lowest BCUT2D eigenvalue weighted by molar-refractivity contribution is -0.140. The first kappa shape index (κ1) is 30.3. The highest BCUT2D eigenvalue weighted by Gasteiger charge is 2.34. The highest BCUT2D eigenvalue weighted by atomic mass is 32.2. The number of nitrogens with one attached hydrogen (secondary N) is 1. The lowest BCUT2D eigenvalue weighted by Crippen LogP contribution is -2.53. The molecular formula is C33H41N3O4S. The summed E-state index contributed by atoms with van der Waals surface area (Å²) in [6.07, 6.45) is 4.44. The summed E-state index contributed by atoms with van der Waals surface area (Å²) in [7, 11) is -4.09. The van der Waals surface area contributed by atoms with Gasteiger partial charge < -0.3 is 10.2 Å². The molecule has 218 valence electrons. The molecule has 0 radical (unpaired) electrons. The molecule has 0 aromatic heterocycles. The van der Waals surface area contributed by atoms with E-state index in [0.29, 0.717) is 12.1 Å². The third-order valence-corrected chi connectivity index (χ3v) is 9.45. The summed E-state index contributed by atoms with van der Waals surface area (Å²) in [5.74, 6) is -0.625. The van der Waals surface area contributed by atoms with Crippen LogP contribution in [-0.2, 0) is 26.2 Å². The number of sulfonamides is 1. The monoisotopic (exact) mass is 575 g/mol. The Kier molecular flexibility index (Phi) is 9.86. The molecule has 8 heteroatoms. The van der Waals surface area contributed by atoms with Crippen molar-refractivity contribution in [3.63, 3.8) is 0 Å². The first-order valence-electron chi connectivity index (χ1n) is 14.4. The summed E-state index contributed by atoms with van der Waals surface area (Å²) in [6.45, 7) is 7.34. The largest absolute Gasteiger partial charge is 0.352 e. The van der Waals surface area contributed by atoms with Crippen LogP contribution in [0.3, 0.4) is 0 Å². The van der Waals surface area contributed by atoms with Crippen molar-refractivity contribution in [2.24, 2.45) is 0 Å². The van der Waals surface area contributed by atoms with Gasteiger partial charge in [0.1, 0.15) is 12.6 Å². The maximum absolute atomic E-state index is 14.2. The highest BCUT2D eigenvalue weighted by molar-refractivity contribution is 7.92. The van der Waals surface area contributed by atoms with Crippen molar-refractivity contribution in [3.8, 4) is 0 Å². The fourth-order valence-electron chi connectivity index (χ4n) is 5.53. The molecule has 0 spiro atoms. The highest BCUT2D eigenvalue weighted by Crippen LogP contribution is 2.27. The number of nitrogens with zero attached hydrogens (tertiary/aromatic N) is 2. The molecule has 2 amide bonds. The Bertz CT molecular complexity index is 1430. The lowest BCUT2D eigenvalue weighted by atomic mass is 10.1. The van der Waals surface area contributed by atoms with E-state index in [4.69, 9.17) is 0 Å². The molecular weight excluding hydrogens is 534 g/mol. The third kappa shape index (κ3) is 7.55. The molecule has 3 aromatic carbocycles. The summed E-state index contributed by atoms with van der Waals surface area (Å²) < 4.78 is 29.3. The van der Waals surface area contributed by atoms with E-state index < -0.39 is 28.5 Å². The van der Waals surface area contributed by atoms with E-state index >= 15 is 0 Å². The number of carbonyl (C=O) groups is 2. The number of aryl methyl sites for hydroxylation is 3. The van der Waals surface area contributed by atoms with Gasteiger partial charge in [-0.1, -0.05) is 73.9 Å². The van der Waals surface area contributed by atoms with Crippen molar-refractivity contribution in [2.75, 3.05) is 10.8 Å². The van der Waals surface area contributed by atoms with Crippen LogP contribution in [0, 0.1) is 20.8 Å². The van der Waals surface area contributed by atoms with Gasteiger partial charge in [-0.3, -0.25) is 13.9 Å². The summed E-state index contributed by atoms with van der Waals surface area (Å²) >= 11 is 0. The van der Waals surface area contributed by atoms with E-state index in [2.05, 4.69) is 5.32 Å². The number of amides is 2. The zero-order chi connectivity index (χ0) is 29.6. The second kappa shape index (κ2) is 13.3. The fraction of sp³-hybridized carbons (Fsp3) is 0.394. The van der Waals surface area contributed by atoms with Gasteiger partial charge in [0, 0.05) is 12.6 Å². The number of carbonyl (C=O) groups excluding carboxylic acids is 2. The molecule has 1 saturated carbocycles. The van der Waals surface area contributed by atoms with Crippen LogP contribution in [0.1, 0.15) is 61.3 Å². The minimum absolute atomic E-state index is 0.107. The van der Waals surface area contributed by atoms with Crippen LogP contribution in [0.25, 0.3) is 0 Å². The predicted octanol–water partition coefficient (Wildman–Crippen LogP) is 5.67. The van der Waals surface area contributed by atoms with E-state index in [1.807, 2.05) is 64.1 Å². The quantitative estimate of drug-likeness (QED) is 0.319. The number of benzene rings is 3. The van der Waals surface area contributed by atoms with E-state index in [-0.39, 0.29) is 23.4 Å². The van der Waals surface area contributed by atoms with Gasteiger partial charge in [-0.25, -0.2) is 8.42 Å². The molecule has 1 aliphatic rings. The van der Waals surface area contributed by atoms with Gasteiger partial charge >= 0.3 is 0 Å². The van der Waals surface area contributed by atoms with Gasteiger partial charge in [0.25, 0.3) is 10.0 Å². The number of hydrogen-bond donors (Lipinski definition) is 1. The van der Waals surface area contributed by atoms with E-state index in [0.717, 1.165) is 47.9 Å². The van der Waals surface area contributed by atoms with E-state index in [9.17, 15) is 18.0 Å². The van der Waals surface area contributed by atoms with Gasteiger partial charge in [-0.2, -0.15) is 0 Å². The molecule has 41 heavy (non-hydrogen) atoms. The smallest absolute Gasteiger partial charge is 0.264 e. The van der Waals surface area contributed by atoms with Crippen LogP contribution in [-0.4, -0.2) is 43.8 Å². The Morgan fingerprint density at radius 3 is 2.07 bits per heavy atom. The topological polar surface area (TPSA) is 86.8 Å². The van der Waals surface area contributed by atoms with Crippen molar-refractivity contribution in [1.82, 2.24) is 10.2 Å². The number of rotatable bonds is 11. The molecule has 1 N–H and O–H groups in total. The van der Waals surface area contributed by atoms with Crippen LogP contribution in [0.2, 0.25) is 0 Å². The first-order valence-corrected chi connectivity index (χ1v) is 15.8.